The maximum absolute atomic E-state index is 12.2. The lowest BCUT2D eigenvalue weighted by Gasteiger charge is -2.28. The van der Waals surface area contributed by atoms with E-state index in [1.165, 1.54) is 37.1 Å². The molecular formula is C22H24F3N3O3. The van der Waals surface area contributed by atoms with Crippen LogP contribution in [0.3, 0.4) is 0 Å². The van der Waals surface area contributed by atoms with Crippen LogP contribution in [0.5, 0.6) is 5.75 Å². The summed E-state index contributed by atoms with van der Waals surface area (Å²) in [6.07, 6.45) is -0.524. The Labute approximate surface area is 178 Å². The minimum absolute atomic E-state index is 0.183. The Kier molecular flexibility index (Phi) is 7.38. The first-order chi connectivity index (χ1) is 14.8. The number of anilines is 2. The standard InChI is InChI=1S/C22H24F3N3O3/c23-22(24,25)31-19-10-6-17(7-11-19)27-21(30)20(29)26-13-12-16-4-8-18(9-5-16)28-14-2-1-3-15-28/h4-11H,1-3,12-15H2,(H,26,29)(H,27,30). The lowest BCUT2D eigenvalue weighted by molar-refractivity contribution is -0.274. The van der Waals surface area contributed by atoms with Gasteiger partial charge in [0.1, 0.15) is 5.75 Å². The average Bonchev–Trinajstić information content (AvgIpc) is 2.75. The maximum Gasteiger partial charge on any atom is 0.573 e. The molecule has 31 heavy (non-hydrogen) atoms. The number of ether oxygens (including phenoxy) is 1. The second-order valence-electron chi connectivity index (χ2n) is 7.25. The van der Waals surface area contributed by atoms with Gasteiger partial charge in [0.15, 0.2) is 0 Å². The molecule has 1 saturated heterocycles. The number of alkyl halides is 3. The van der Waals surface area contributed by atoms with Crippen molar-refractivity contribution < 1.29 is 27.5 Å². The van der Waals surface area contributed by atoms with Gasteiger partial charge < -0.3 is 20.3 Å². The number of carbonyl (C=O) groups is 2. The summed E-state index contributed by atoms with van der Waals surface area (Å²) in [7, 11) is 0. The molecule has 0 saturated carbocycles. The molecule has 1 heterocycles. The highest BCUT2D eigenvalue weighted by Crippen LogP contribution is 2.24. The largest absolute Gasteiger partial charge is 0.573 e. The molecule has 2 aromatic carbocycles. The summed E-state index contributed by atoms with van der Waals surface area (Å²) in [6, 6.07) is 12.7. The SMILES string of the molecule is O=C(NCCc1ccc(N2CCCCC2)cc1)C(=O)Nc1ccc(OC(F)(F)F)cc1. The van der Waals surface area contributed by atoms with E-state index in [4.69, 9.17) is 0 Å². The van der Waals surface area contributed by atoms with Gasteiger partial charge in [-0.05, 0) is 67.6 Å². The minimum Gasteiger partial charge on any atom is -0.406 e. The van der Waals surface area contributed by atoms with Gasteiger partial charge in [0.05, 0.1) is 0 Å². The third kappa shape index (κ3) is 7.20. The Morgan fingerprint density at radius 1 is 0.903 bits per heavy atom. The number of nitrogens with one attached hydrogen (secondary N) is 2. The molecule has 2 N–H and O–H groups in total. The van der Waals surface area contributed by atoms with E-state index < -0.39 is 23.9 Å². The van der Waals surface area contributed by atoms with E-state index in [0.29, 0.717) is 6.42 Å². The molecule has 166 valence electrons. The van der Waals surface area contributed by atoms with Gasteiger partial charge in [-0.3, -0.25) is 9.59 Å². The first-order valence-electron chi connectivity index (χ1n) is 10.1. The highest BCUT2D eigenvalue weighted by Gasteiger charge is 2.31. The number of nitrogens with zero attached hydrogens (tertiary/aromatic N) is 1. The number of halogens is 3. The molecule has 2 amide bonds. The summed E-state index contributed by atoms with van der Waals surface area (Å²) in [5.74, 6) is -2.13. The number of hydrogen-bond acceptors (Lipinski definition) is 4. The topological polar surface area (TPSA) is 70.7 Å². The fourth-order valence-corrected chi connectivity index (χ4v) is 3.35. The number of carbonyl (C=O) groups excluding carboxylic acids is 2. The van der Waals surface area contributed by atoms with Crippen molar-refractivity contribution in [2.75, 3.05) is 29.9 Å². The molecule has 0 aromatic heterocycles. The molecule has 1 aliphatic heterocycles. The zero-order valence-electron chi connectivity index (χ0n) is 16.9. The van der Waals surface area contributed by atoms with Crippen LogP contribution in [0.25, 0.3) is 0 Å². The van der Waals surface area contributed by atoms with Crippen LogP contribution in [-0.4, -0.2) is 37.8 Å². The summed E-state index contributed by atoms with van der Waals surface area (Å²) < 4.78 is 40.2. The van der Waals surface area contributed by atoms with Crippen molar-refractivity contribution in [2.45, 2.75) is 32.0 Å². The Bertz CT molecular complexity index is 878. The predicted molar refractivity (Wildman–Crippen MR) is 111 cm³/mol. The monoisotopic (exact) mass is 435 g/mol. The van der Waals surface area contributed by atoms with Crippen LogP contribution in [0.15, 0.2) is 48.5 Å². The third-order valence-corrected chi connectivity index (χ3v) is 4.91. The molecule has 0 bridgehead atoms. The van der Waals surface area contributed by atoms with Gasteiger partial charge in [0.2, 0.25) is 0 Å². The van der Waals surface area contributed by atoms with Crippen molar-refractivity contribution in [1.29, 1.82) is 0 Å². The Balaban J connectivity index is 1.41. The van der Waals surface area contributed by atoms with Crippen LogP contribution in [0, 0.1) is 0 Å². The van der Waals surface area contributed by atoms with E-state index in [1.54, 1.807) is 0 Å². The van der Waals surface area contributed by atoms with Gasteiger partial charge in [-0.15, -0.1) is 13.2 Å². The number of amides is 2. The summed E-state index contributed by atoms with van der Waals surface area (Å²) in [5.41, 5.74) is 2.42. The van der Waals surface area contributed by atoms with Crippen LogP contribution in [0.2, 0.25) is 0 Å². The summed E-state index contributed by atoms with van der Waals surface area (Å²) >= 11 is 0. The molecule has 0 aliphatic carbocycles. The molecule has 2 aromatic rings. The first kappa shape index (κ1) is 22.5. The minimum atomic E-state index is -4.79. The molecule has 9 heteroatoms. The highest BCUT2D eigenvalue weighted by molar-refractivity contribution is 6.39. The third-order valence-electron chi connectivity index (χ3n) is 4.91. The molecule has 0 atom stereocenters. The van der Waals surface area contributed by atoms with Crippen molar-refractivity contribution in [2.24, 2.45) is 0 Å². The van der Waals surface area contributed by atoms with Gasteiger partial charge in [0.25, 0.3) is 0 Å². The van der Waals surface area contributed by atoms with Crippen molar-refractivity contribution in [1.82, 2.24) is 5.32 Å². The average molecular weight is 435 g/mol. The first-order valence-corrected chi connectivity index (χ1v) is 10.1. The van der Waals surface area contributed by atoms with Crippen LogP contribution in [0.4, 0.5) is 24.5 Å². The maximum atomic E-state index is 12.2. The number of benzene rings is 2. The van der Waals surface area contributed by atoms with Gasteiger partial charge >= 0.3 is 18.2 Å². The molecule has 0 radical (unpaired) electrons. The summed E-state index contributed by atoms with van der Waals surface area (Å²) in [6.45, 7) is 2.43. The number of rotatable bonds is 6. The molecule has 1 aliphatic rings. The normalized spacial score (nSPS) is 14.1. The number of hydrogen-bond donors (Lipinski definition) is 2. The van der Waals surface area contributed by atoms with Crippen LogP contribution in [0.1, 0.15) is 24.8 Å². The lowest BCUT2D eigenvalue weighted by atomic mass is 10.1. The fourth-order valence-electron chi connectivity index (χ4n) is 3.35. The van der Waals surface area contributed by atoms with Crippen molar-refractivity contribution >= 4 is 23.2 Å². The van der Waals surface area contributed by atoms with Crippen LogP contribution in [-0.2, 0) is 16.0 Å². The zero-order chi connectivity index (χ0) is 22.3. The second-order valence-corrected chi connectivity index (χ2v) is 7.25. The molecule has 0 unspecified atom stereocenters. The quantitative estimate of drug-likeness (QED) is 0.676. The van der Waals surface area contributed by atoms with E-state index in [1.807, 2.05) is 12.1 Å². The molecular weight excluding hydrogens is 411 g/mol. The van der Waals surface area contributed by atoms with E-state index in [-0.39, 0.29) is 12.2 Å². The van der Waals surface area contributed by atoms with Gasteiger partial charge in [-0.2, -0.15) is 0 Å². The Morgan fingerprint density at radius 2 is 1.55 bits per heavy atom. The Hall–Kier alpha value is -3.23. The summed E-state index contributed by atoms with van der Waals surface area (Å²) in [5, 5.41) is 4.87. The van der Waals surface area contributed by atoms with Crippen molar-refractivity contribution in [3.63, 3.8) is 0 Å². The van der Waals surface area contributed by atoms with Crippen molar-refractivity contribution in [3.05, 3.63) is 54.1 Å². The van der Waals surface area contributed by atoms with Crippen LogP contribution >= 0.6 is 0 Å². The van der Waals surface area contributed by atoms with Crippen LogP contribution < -0.4 is 20.3 Å². The molecule has 1 fully saturated rings. The smallest absolute Gasteiger partial charge is 0.406 e. The van der Waals surface area contributed by atoms with Gasteiger partial charge in [0, 0.05) is 31.0 Å². The Morgan fingerprint density at radius 3 is 2.16 bits per heavy atom. The second kappa shape index (κ2) is 10.2. The van der Waals surface area contributed by atoms with E-state index in [2.05, 4.69) is 32.4 Å². The van der Waals surface area contributed by atoms with E-state index >= 15 is 0 Å². The highest BCUT2D eigenvalue weighted by atomic mass is 19.4. The summed E-state index contributed by atoms with van der Waals surface area (Å²) in [4.78, 5) is 26.3. The molecule has 6 nitrogen and oxygen atoms in total. The van der Waals surface area contributed by atoms with Gasteiger partial charge in [-0.25, -0.2) is 0 Å². The lowest BCUT2D eigenvalue weighted by Crippen LogP contribution is -2.36. The number of piperidine rings is 1. The van der Waals surface area contributed by atoms with Crippen molar-refractivity contribution in [3.8, 4) is 5.75 Å². The zero-order valence-corrected chi connectivity index (χ0v) is 16.9. The van der Waals surface area contributed by atoms with E-state index in [9.17, 15) is 22.8 Å². The molecule has 0 spiro atoms. The fraction of sp³-hybridized carbons (Fsp3) is 0.364. The van der Waals surface area contributed by atoms with E-state index in [0.717, 1.165) is 30.8 Å². The molecule has 3 rings (SSSR count). The predicted octanol–water partition coefficient (Wildman–Crippen LogP) is 3.87. The van der Waals surface area contributed by atoms with Gasteiger partial charge in [-0.1, -0.05) is 12.1 Å².